The van der Waals surface area contributed by atoms with Crippen LogP contribution in [0.3, 0.4) is 0 Å². The summed E-state index contributed by atoms with van der Waals surface area (Å²) in [6.07, 6.45) is 0. The highest BCUT2D eigenvalue weighted by Gasteiger charge is 2.15. The van der Waals surface area contributed by atoms with Crippen molar-refractivity contribution >= 4 is 5.69 Å². The smallest absolute Gasteiger partial charge is 0.311 e. The van der Waals surface area contributed by atoms with Crippen molar-refractivity contribution in [2.45, 2.75) is 20.5 Å². The highest BCUT2D eigenvalue weighted by Crippen LogP contribution is 2.32. The van der Waals surface area contributed by atoms with E-state index >= 15 is 0 Å². The fourth-order valence-corrected chi connectivity index (χ4v) is 1.89. The highest BCUT2D eigenvalue weighted by atomic mass is 16.6. The Hall–Kier alpha value is -2.40. The molecule has 2 aromatic carbocycles. The van der Waals surface area contributed by atoms with Crippen LogP contribution >= 0.6 is 0 Å². The van der Waals surface area contributed by atoms with E-state index in [1.54, 1.807) is 30.3 Å². The molecule has 0 amide bonds. The van der Waals surface area contributed by atoms with Gasteiger partial charge in [0.05, 0.1) is 11.5 Å². The molecule has 0 spiro atoms. The van der Waals surface area contributed by atoms with Crippen LogP contribution in [-0.4, -0.2) is 10.0 Å². The molecular weight excluding hydrogens is 258 g/mol. The van der Waals surface area contributed by atoms with Crippen LogP contribution in [0.15, 0.2) is 36.4 Å². The van der Waals surface area contributed by atoms with Crippen molar-refractivity contribution in [1.29, 1.82) is 0 Å². The second kappa shape index (κ2) is 5.71. The first-order valence-corrected chi connectivity index (χ1v) is 6.14. The number of aliphatic hydroxyl groups excluding tert-OH is 1. The summed E-state index contributed by atoms with van der Waals surface area (Å²) < 4.78 is 5.61. The summed E-state index contributed by atoms with van der Waals surface area (Å²) in [7, 11) is 0. The lowest BCUT2D eigenvalue weighted by molar-refractivity contribution is -0.385. The van der Waals surface area contributed by atoms with Crippen molar-refractivity contribution in [3.63, 3.8) is 0 Å². The lowest BCUT2D eigenvalue weighted by Gasteiger charge is -2.09. The van der Waals surface area contributed by atoms with Gasteiger partial charge in [0, 0.05) is 6.07 Å². The molecule has 0 aliphatic rings. The molecule has 20 heavy (non-hydrogen) atoms. The Morgan fingerprint density at radius 1 is 1.20 bits per heavy atom. The van der Waals surface area contributed by atoms with Crippen molar-refractivity contribution in [2.75, 3.05) is 0 Å². The normalized spacial score (nSPS) is 10.3. The Morgan fingerprint density at radius 3 is 2.55 bits per heavy atom. The third-order valence-corrected chi connectivity index (χ3v) is 3.02. The maximum Gasteiger partial charge on any atom is 0.311 e. The molecule has 0 saturated carbocycles. The number of hydrogen-bond acceptors (Lipinski definition) is 4. The second-order valence-electron chi connectivity index (χ2n) is 4.58. The van der Waals surface area contributed by atoms with E-state index in [0.29, 0.717) is 5.75 Å². The van der Waals surface area contributed by atoms with Gasteiger partial charge in [-0.2, -0.15) is 0 Å². The maximum absolute atomic E-state index is 11.0. The summed E-state index contributed by atoms with van der Waals surface area (Å²) >= 11 is 0. The van der Waals surface area contributed by atoms with Gasteiger partial charge in [0.15, 0.2) is 0 Å². The number of aliphatic hydroxyl groups is 1. The van der Waals surface area contributed by atoms with Crippen LogP contribution in [0.25, 0.3) is 0 Å². The molecule has 0 saturated heterocycles. The predicted octanol–water partition coefficient (Wildman–Crippen LogP) is 3.50. The molecule has 5 nitrogen and oxygen atoms in total. The number of nitro groups is 1. The standard InChI is InChI=1S/C15H15NO4/c1-10-3-6-14(16(18)19)15(7-10)20-13-5-4-12(9-17)11(2)8-13/h3-8,17H,9H2,1-2H3. The minimum atomic E-state index is -0.469. The van der Waals surface area contributed by atoms with Crippen molar-refractivity contribution < 1.29 is 14.8 Å². The number of hydrogen-bond donors (Lipinski definition) is 1. The van der Waals surface area contributed by atoms with Crippen molar-refractivity contribution in [3.05, 3.63) is 63.2 Å². The zero-order valence-corrected chi connectivity index (χ0v) is 11.3. The third kappa shape index (κ3) is 2.95. The zero-order chi connectivity index (χ0) is 14.7. The summed E-state index contributed by atoms with van der Waals surface area (Å²) in [6.45, 7) is 3.65. The average molecular weight is 273 g/mol. The summed E-state index contributed by atoms with van der Waals surface area (Å²) in [5.74, 6) is 0.722. The molecule has 104 valence electrons. The minimum Gasteiger partial charge on any atom is -0.450 e. The van der Waals surface area contributed by atoms with Crippen LogP contribution in [0.5, 0.6) is 11.5 Å². The maximum atomic E-state index is 11.0. The van der Waals surface area contributed by atoms with Gasteiger partial charge in [-0.15, -0.1) is 0 Å². The average Bonchev–Trinajstić information content (AvgIpc) is 2.38. The SMILES string of the molecule is Cc1ccc([N+](=O)[O-])c(Oc2ccc(CO)c(C)c2)c1. The number of nitrogens with zero attached hydrogens (tertiary/aromatic N) is 1. The molecule has 0 atom stereocenters. The monoisotopic (exact) mass is 273 g/mol. The van der Waals surface area contributed by atoms with Crippen LogP contribution in [0.1, 0.15) is 16.7 Å². The largest absolute Gasteiger partial charge is 0.450 e. The lowest BCUT2D eigenvalue weighted by atomic mass is 10.1. The van der Waals surface area contributed by atoms with Crippen LogP contribution in [0, 0.1) is 24.0 Å². The van der Waals surface area contributed by atoms with Gasteiger partial charge in [-0.3, -0.25) is 10.1 Å². The number of aryl methyl sites for hydroxylation is 2. The fraction of sp³-hybridized carbons (Fsp3) is 0.200. The summed E-state index contributed by atoms with van der Waals surface area (Å²) in [6, 6.07) is 9.91. The van der Waals surface area contributed by atoms with Crippen LogP contribution in [0.4, 0.5) is 5.69 Å². The van der Waals surface area contributed by atoms with Crippen LogP contribution in [-0.2, 0) is 6.61 Å². The minimum absolute atomic E-state index is 0.0449. The first kappa shape index (κ1) is 14.0. The van der Waals surface area contributed by atoms with Crippen LogP contribution in [0.2, 0.25) is 0 Å². The third-order valence-electron chi connectivity index (χ3n) is 3.02. The van der Waals surface area contributed by atoms with E-state index in [4.69, 9.17) is 9.84 Å². The number of benzene rings is 2. The van der Waals surface area contributed by atoms with E-state index in [0.717, 1.165) is 16.7 Å². The Kier molecular flexibility index (Phi) is 4.00. The summed E-state index contributed by atoms with van der Waals surface area (Å²) in [5.41, 5.74) is 2.49. The van der Waals surface area contributed by atoms with Gasteiger partial charge in [-0.1, -0.05) is 12.1 Å². The second-order valence-corrected chi connectivity index (χ2v) is 4.58. The van der Waals surface area contributed by atoms with Gasteiger partial charge in [0.1, 0.15) is 5.75 Å². The van der Waals surface area contributed by atoms with E-state index in [2.05, 4.69) is 0 Å². The molecule has 0 aliphatic heterocycles. The molecule has 0 bridgehead atoms. The fourth-order valence-electron chi connectivity index (χ4n) is 1.89. The first-order valence-electron chi connectivity index (χ1n) is 6.14. The molecule has 0 fully saturated rings. The number of rotatable bonds is 4. The van der Waals surface area contributed by atoms with Gasteiger partial charge in [-0.05, 0) is 48.7 Å². The van der Waals surface area contributed by atoms with E-state index in [9.17, 15) is 10.1 Å². The Balaban J connectivity index is 2.36. The molecule has 0 heterocycles. The quantitative estimate of drug-likeness (QED) is 0.683. The lowest BCUT2D eigenvalue weighted by Crippen LogP contribution is -1.95. The van der Waals surface area contributed by atoms with Crippen molar-refractivity contribution in [3.8, 4) is 11.5 Å². The predicted molar refractivity (Wildman–Crippen MR) is 75.0 cm³/mol. The van der Waals surface area contributed by atoms with E-state index in [1.165, 1.54) is 6.07 Å². The van der Waals surface area contributed by atoms with Gasteiger partial charge >= 0.3 is 5.69 Å². The van der Waals surface area contributed by atoms with E-state index in [-0.39, 0.29) is 18.0 Å². The Labute approximate surface area is 116 Å². The Bertz CT molecular complexity index is 652. The Morgan fingerprint density at radius 2 is 1.95 bits per heavy atom. The molecule has 0 unspecified atom stereocenters. The summed E-state index contributed by atoms with van der Waals surface area (Å²) in [4.78, 5) is 10.5. The van der Waals surface area contributed by atoms with Crippen LogP contribution < -0.4 is 4.74 Å². The number of ether oxygens (including phenoxy) is 1. The first-order chi connectivity index (χ1) is 9.51. The molecule has 5 heteroatoms. The summed E-state index contributed by atoms with van der Waals surface area (Å²) in [5, 5.41) is 20.1. The molecule has 0 radical (unpaired) electrons. The molecule has 0 aliphatic carbocycles. The molecule has 0 aromatic heterocycles. The number of nitro benzene ring substituents is 1. The van der Waals surface area contributed by atoms with E-state index < -0.39 is 4.92 Å². The highest BCUT2D eigenvalue weighted by molar-refractivity contribution is 5.50. The van der Waals surface area contributed by atoms with Gasteiger partial charge in [0.2, 0.25) is 5.75 Å². The molecular formula is C15H15NO4. The van der Waals surface area contributed by atoms with Gasteiger partial charge in [-0.25, -0.2) is 0 Å². The van der Waals surface area contributed by atoms with Crippen molar-refractivity contribution in [2.24, 2.45) is 0 Å². The van der Waals surface area contributed by atoms with E-state index in [1.807, 2.05) is 13.8 Å². The zero-order valence-electron chi connectivity index (χ0n) is 11.3. The van der Waals surface area contributed by atoms with Gasteiger partial charge < -0.3 is 9.84 Å². The van der Waals surface area contributed by atoms with Crippen molar-refractivity contribution in [1.82, 2.24) is 0 Å². The topological polar surface area (TPSA) is 72.6 Å². The molecule has 1 N–H and O–H groups in total. The van der Waals surface area contributed by atoms with Gasteiger partial charge in [0.25, 0.3) is 0 Å². The molecule has 2 aromatic rings. The molecule has 2 rings (SSSR count).